The van der Waals surface area contributed by atoms with Gasteiger partial charge in [0, 0.05) is 0 Å². The van der Waals surface area contributed by atoms with Gasteiger partial charge in [0.05, 0.1) is 0 Å². The van der Waals surface area contributed by atoms with Crippen molar-refractivity contribution in [3.8, 4) is 0 Å². The van der Waals surface area contributed by atoms with Gasteiger partial charge in [-0.15, -0.1) is 0 Å². The van der Waals surface area contributed by atoms with Crippen molar-refractivity contribution in [2.24, 2.45) is 5.73 Å². The van der Waals surface area contributed by atoms with E-state index < -0.39 is 0 Å². The Kier molecular flexibility index (Phi) is 20.0. The quantitative estimate of drug-likeness (QED) is 0.601. The summed E-state index contributed by atoms with van der Waals surface area (Å²) in [6.45, 7) is 5.12. The number of carbonyl (C=O) groups excluding carboxylic acids is 1. The number of unbranched alkanes of at least 4 members (excludes halogenated alkanes) is 6. The third-order valence-electron chi connectivity index (χ3n) is 1.81. The van der Waals surface area contributed by atoms with Crippen molar-refractivity contribution in [3.63, 3.8) is 0 Å². The molecule has 0 unspecified atom stereocenters. The molecule has 2 N–H and O–H groups in total. The fourth-order valence-electron chi connectivity index (χ4n) is 1.10. The lowest BCUT2D eigenvalue weighted by Crippen LogP contribution is -1.97. The Balaban J connectivity index is 0. The highest BCUT2D eigenvalue weighted by Gasteiger charge is 1.87. The van der Waals surface area contributed by atoms with E-state index in [1.165, 1.54) is 44.9 Å². The molecular formula is C10H23NO. The minimum atomic E-state index is 0.869. The van der Waals surface area contributed by atoms with Crippen molar-refractivity contribution in [1.82, 2.24) is 0 Å². The normalized spacial score (nSPS) is 8.83. The van der Waals surface area contributed by atoms with Gasteiger partial charge in [-0.3, -0.25) is 0 Å². The SMILES string of the molecule is C=O.CCCCCCCCCN. The number of hydrogen-bond donors (Lipinski definition) is 1. The molecule has 0 amide bonds. The fourth-order valence-corrected chi connectivity index (χ4v) is 1.10. The number of hydrogen-bond acceptors (Lipinski definition) is 2. The number of carbonyl (C=O) groups is 1. The maximum atomic E-state index is 8.00. The summed E-state index contributed by atoms with van der Waals surface area (Å²) < 4.78 is 0. The first-order chi connectivity index (χ1) is 5.91. The zero-order chi connectivity index (χ0) is 9.66. The van der Waals surface area contributed by atoms with Gasteiger partial charge >= 0.3 is 0 Å². The van der Waals surface area contributed by atoms with Crippen molar-refractivity contribution in [2.45, 2.75) is 51.9 Å². The van der Waals surface area contributed by atoms with Gasteiger partial charge in [0.2, 0.25) is 0 Å². The molecule has 0 atom stereocenters. The summed E-state index contributed by atoms with van der Waals surface area (Å²) in [6, 6.07) is 0. The summed E-state index contributed by atoms with van der Waals surface area (Å²) in [5.41, 5.74) is 5.37. The van der Waals surface area contributed by atoms with Gasteiger partial charge < -0.3 is 10.5 Å². The lowest BCUT2D eigenvalue weighted by atomic mass is 10.1. The van der Waals surface area contributed by atoms with Crippen LogP contribution in [0.5, 0.6) is 0 Å². The molecule has 0 saturated carbocycles. The molecule has 74 valence electrons. The highest BCUT2D eigenvalue weighted by Crippen LogP contribution is 2.05. The highest BCUT2D eigenvalue weighted by molar-refractivity contribution is 5.10. The molecule has 0 aromatic heterocycles. The van der Waals surface area contributed by atoms with Crippen LogP contribution in [-0.2, 0) is 4.79 Å². The summed E-state index contributed by atoms with van der Waals surface area (Å²) in [5.74, 6) is 0. The van der Waals surface area contributed by atoms with Crippen LogP contribution in [0.4, 0.5) is 0 Å². The molecule has 0 fully saturated rings. The van der Waals surface area contributed by atoms with Crippen LogP contribution in [0.2, 0.25) is 0 Å². The molecule has 0 aromatic rings. The van der Waals surface area contributed by atoms with E-state index in [2.05, 4.69) is 6.92 Å². The van der Waals surface area contributed by atoms with E-state index in [-0.39, 0.29) is 0 Å². The summed E-state index contributed by atoms with van der Waals surface area (Å²) in [6.07, 6.45) is 9.51. The van der Waals surface area contributed by atoms with Gasteiger partial charge in [-0.25, -0.2) is 0 Å². The van der Waals surface area contributed by atoms with Crippen LogP contribution in [0.1, 0.15) is 51.9 Å². The van der Waals surface area contributed by atoms with E-state index in [0.717, 1.165) is 6.54 Å². The van der Waals surface area contributed by atoms with E-state index >= 15 is 0 Å². The van der Waals surface area contributed by atoms with Crippen LogP contribution >= 0.6 is 0 Å². The molecule has 2 nitrogen and oxygen atoms in total. The molecule has 0 saturated heterocycles. The molecule has 0 aliphatic rings. The van der Waals surface area contributed by atoms with Crippen LogP contribution in [0.15, 0.2) is 0 Å². The zero-order valence-corrected chi connectivity index (χ0v) is 8.35. The molecule has 0 spiro atoms. The molecule has 0 heterocycles. The van der Waals surface area contributed by atoms with Crippen LogP contribution in [0.3, 0.4) is 0 Å². The first-order valence-electron chi connectivity index (χ1n) is 4.90. The lowest BCUT2D eigenvalue weighted by Gasteiger charge is -1.97. The third kappa shape index (κ3) is 16.3. The first kappa shape index (κ1) is 14.2. The van der Waals surface area contributed by atoms with Crippen molar-refractivity contribution < 1.29 is 4.79 Å². The smallest absolute Gasteiger partial charge is 0.106 e. The van der Waals surface area contributed by atoms with Crippen LogP contribution in [-0.4, -0.2) is 13.3 Å². The highest BCUT2D eigenvalue weighted by atomic mass is 16.1. The lowest BCUT2D eigenvalue weighted by molar-refractivity contribution is -0.0979. The molecule has 0 aliphatic carbocycles. The molecule has 0 rings (SSSR count). The second-order valence-electron chi connectivity index (χ2n) is 2.91. The van der Waals surface area contributed by atoms with Crippen molar-refractivity contribution in [2.75, 3.05) is 6.54 Å². The molecular weight excluding hydrogens is 150 g/mol. The Bertz CT molecular complexity index is 58.9. The molecule has 0 bridgehead atoms. The van der Waals surface area contributed by atoms with E-state index in [0.29, 0.717) is 0 Å². The first-order valence-corrected chi connectivity index (χ1v) is 4.90. The van der Waals surface area contributed by atoms with Crippen molar-refractivity contribution in [1.29, 1.82) is 0 Å². The Labute approximate surface area is 76.5 Å². The molecule has 2 heteroatoms. The fraction of sp³-hybridized carbons (Fsp3) is 0.900. The predicted molar refractivity (Wildman–Crippen MR) is 54.2 cm³/mol. The minimum absolute atomic E-state index is 0.869. The Morgan fingerprint density at radius 3 is 1.75 bits per heavy atom. The second kappa shape index (κ2) is 16.9. The second-order valence-corrected chi connectivity index (χ2v) is 2.91. The molecule has 0 aromatic carbocycles. The summed E-state index contributed by atoms with van der Waals surface area (Å²) >= 11 is 0. The molecule has 12 heavy (non-hydrogen) atoms. The van der Waals surface area contributed by atoms with Crippen molar-refractivity contribution in [3.05, 3.63) is 0 Å². The van der Waals surface area contributed by atoms with Gasteiger partial charge in [0.15, 0.2) is 0 Å². The molecule has 0 radical (unpaired) electrons. The minimum Gasteiger partial charge on any atom is -0.330 e. The van der Waals surface area contributed by atoms with Crippen LogP contribution in [0.25, 0.3) is 0 Å². The topological polar surface area (TPSA) is 43.1 Å². The van der Waals surface area contributed by atoms with Gasteiger partial charge in [0.1, 0.15) is 6.79 Å². The van der Waals surface area contributed by atoms with Gasteiger partial charge in [-0.05, 0) is 13.0 Å². The van der Waals surface area contributed by atoms with Gasteiger partial charge in [-0.2, -0.15) is 0 Å². The monoisotopic (exact) mass is 173 g/mol. The standard InChI is InChI=1S/C9H21N.CH2O/c1-2-3-4-5-6-7-8-9-10;1-2/h2-10H2,1H3;1H2. The maximum absolute atomic E-state index is 8.00. The average Bonchev–Trinajstić information content (AvgIpc) is 2.15. The Morgan fingerprint density at radius 1 is 0.917 bits per heavy atom. The number of rotatable bonds is 7. The van der Waals surface area contributed by atoms with E-state index in [1.807, 2.05) is 6.79 Å². The summed E-state index contributed by atoms with van der Waals surface area (Å²) in [5, 5.41) is 0. The third-order valence-corrected chi connectivity index (χ3v) is 1.81. The Morgan fingerprint density at radius 2 is 1.33 bits per heavy atom. The largest absolute Gasteiger partial charge is 0.330 e. The number of nitrogens with two attached hydrogens (primary N) is 1. The van der Waals surface area contributed by atoms with Crippen molar-refractivity contribution >= 4 is 6.79 Å². The van der Waals surface area contributed by atoms with E-state index in [4.69, 9.17) is 10.5 Å². The van der Waals surface area contributed by atoms with Crippen LogP contribution < -0.4 is 5.73 Å². The maximum Gasteiger partial charge on any atom is 0.106 e. The summed E-state index contributed by atoms with van der Waals surface area (Å²) in [4.78, 5) is 8.00. The van der Waals surface area contributed by atoms with Crippen LogP contribution in [0, 0.1) is 0 Å². The van der Waals surface area contributed by atoms with Gasteiger partial charge in [0.25, 0.3) is 0 Å². The van der Waals surface area contributed by atoms with E-state index in [9.17, 15) is 0 Å². The van der Waals surface area contributed by atoms with Gasteiger partial charge in [-0.1, -0.05) is 45.4 Å². The average molecular weight is 173 g/mol. The Hall–Kier alpha value is -0.370. The van der Waals surface area contributed by atoms with E-state index in [1.54, 1.807) is 0 Å². The predicted octanol–water partition coefficient (Wildman–Crippen LogP) is 2.51. The zero-order valence-electron chi connectivity index (χ0n) is 8.35. The summed E-state index contributed by atoms with van der Waals surface area (Å²) in [7, 11) is 0. The molecule has 0 aliphatic heterocycles.